The molecule has 0 aliphatic carbocycles. The van der Waals surface area contributed by atoms with Gasteiger partial charge in [-0.3, -0.25) is 30.9 Å². The van der Waals surface area contributed by atoms with Gasteiger partial charge in [-0.05, 0) is 25.0 Å². The van der Waals surface area contributed by atoms with E-state index in [1.165, 1.54) is 24.5 Å². The van der Waals surface area contributed by atoms with Crippen molar-refractivity contribution in [2.24, 2.45) is 17.5 Å². The number of hydrogen-bond donors (Lipinski definition) is 6. The summed E-state index contributed by atoms with van der Waals surface area (Å²) < 4.78 is 0. The molecule has 0 saturated carbocycles. The summed E-state index contributed by atoms with van der Waals surface area (Å²) in [5.74, 6) is 12.5. The Balaban J connectivity index is 0.000000258. The Hall–Kier alpha value is -3.27. The lowest BCUT2D eigenvalue weighted by Crippen LogP contribution is -2.40. The van der Waals surface area contributed by atoms with Crippen molar-refractivity contribution in [2.45, 2.75) is 24.9 Å². The van der Waals surface area contributed by atoms with Gasteiger partial charge in [-0.15, -0.1) is 0 Å². The summed E-state index contributed by atoms with van der Waals surface area (Å²) >= 11 is 17.3. The minimum atomic E-state index is -0.483. The van der Waals surface area contributed by atoms with Crippen molar-refractivity contribution >= 4 is 64.2 Å². The summed E-state index contributed by atoms with van der Waals surface area (Å²) in [5.41, 5.74) is 2.88. The molecule has 2 fully saturated rings. The molecule has 2 aliphatic heterocycles. The van der Waals surface area contributed by atoms with Crippen LogP contribution in [0.4, 0.5) is 5.82 Å². The molecular weight excluding hydrogens is 575 g/mol. The van der Waals surface area contributed by atoms with Gasteiger partial charge in [0.1, 0.15) is 17.2 Å². The summed E-state index contributed by atoms with van der Waals surface area (Å²) in [6.07, 6.45) is 3.88. The first-order valence-electron chi connectivity index (χ1n) is 11.4. The predicted octanol–water partition coefficient (Wildman–Crippen LogP) is 0.149. The first-order valence-corrected chi connectivity index (χ1v) is 12.5. The van der Waals surface area contributed by atoms with Crippen LogP contribution in [-0.2, 0) is 9.59 Å². The fourth-order valence-corrected chi connectivity index (χ4v) is 4.10. The van der Waals surface area contributed by atoms with E-state index in [0.29, 0.717) is 25.9 Å². The van der Waals surface area contributed by atoms with Gasteiger partial charge in [0.15, 0.2) is 5.82 Å². The molecule has 14 nitrogen and oxygen atoms in total. The highest BCUT2D eigenvalue weighted by atomic mass is 35.5. The lowest BCUT2D eigenvalue weighted by molar-refractivity contribution is -0.128. The standard InChI is InChI=1S/C11H11Cl2N3O2.C11H14ClN5O2.H4N2/c1-16-3-2-8(11(16)18)15-10(17)6-4-7(12)9(13)14-5-6;1-17-3-2-8(11(17)19)15-10(18)6-4-7(12)9(16-13)14-5-6;1-2/h4-5,8H,2-3H2,1H3,(H,15,17);4-5,8H,2-3,13H2,1H3,(H,14,16)(H,15,18);1-2H2. The molecule has 2 unspecified atom stereocenters. The van der Waals surface area contributed by atoms with Crippen molar-refractivity contribution in [1.82, 2.24) is 30.4 Å². The third-order valence-electron chi connectivity index (χ3n) is 5.76. The molecule has 0 spiro atoms. The molecule has 2 aromatic rings. The van der Waals surface area contributed by atoms with E-state index in [-0.39, 0.29) is 55.8 Å². The average molecular weight is 604 g/mol. The van der Waals surface area contributed by atoms with Crippen molar-refractivity contribution in [3.63, 3.8) is 0 Å². The normalized spacial score (nSPS) is 18.1. The summed E-state index contributed by atoms with van der Waals surface area (Å²) in [4.78, 5) is 58.0. The van der Waals surface area contributed by atoms with Crippen LogP contribution in [0.15, 0.2) is 24.5 Å². The Bertz CT molecular complexity index is 1220. The van der Waals surface area contributed by atoms with Gasteiger partial charge < -0.3 is 25.9 Å². The van der Waals surface area contributed by atoms with E-state index in [4.69, 9.17) is 40.6 Å². The molecule has 212 valence electrons. The van der Waals surface area contributed by atoms with Gasteiger partial charge in [0.2, 0.25) is 11.8 Å². The Morgan fingerprint density at radius 3 is 1.64 bits per heavy atom. The van der Waals surface area contributed by atoms with Gasteiger partial charge in [-0.1, -0.05) is 34.8 Å². The number of amides is 4. The molecule has 0 bridgehead atoms. The Morgan fingerprint density at radius 2 is 1.28 bits per heavy atom. The lowest BCUT2D eigenvalue weighted by Gasteiger charge is -2.12. The number of nitrogens with one attached hydrogen (secondary N) is 3. The van der Waals surface area contributed by atoms with Gasteiger partial charge in [0.25, 0.3) is 11.8 Å². The zero-order chi connectivity index (χ0) is 29.3. The number of aromatic nitrogens is 2. The molecule has 0 aromatic carbocycles. The number of nitrogen functional groups attached to an aromatic ring is 1. The molecule has 4 rings (SSSR count). The lowest BCUT2D eigenvalue weighted by atomic mass is 10.2. The minimum absolute atomic E-state index is 0.0867. The van der Waals surface area contributed by atoms with Crippen LogP contribution >= 0.6 is 34.8 Å². The number of likely N-dealkylation sites (N-methyl/N-ethyl adjacent to an activating group) is 2. The zero-order valence-electron chi connectivity index (χ0n) is 21.1. The first kappa shape index (κ1) is 31.9. The number of carbonyl (C=O) groups excluding carboxylic acids is 4. The average Bonchev–Trinajstić information content (AvgIpc) is 3.42. The maximum absolute atomic E-state index is 12.0. The number of hydrazine groups is 2. The van der Waals surface area contributed by atoms with Crippen molar-refractivity contribution in [2.75, 3.05) is 32.6 Å². The Morgan fingerprint density at radius 1 is 0.846 bits per heavy atom. The van der Waals surface area contributed by atoms with Gasteiger partial charge in [0, 0.05) is 39.6 Å². The molecule has 17 heteroatoms. The number of anilines is 1. The molecule has 4 amide bonds. The second-order valence-corrected chi connectivity index (χ2v) is 9.52. The third-order valence-corrected chi connectivity index (χ3v) is 6.74. The molecule has 0 radical (unpaired) electrons. The quantitative estimate of drug-likeness (QED) is 0.154. The summed E-state index contributed by atoms with van der Waals surface area (Å²) in [7, 11) is 3.41. The highest BCUT2D eigenvalue weighted by Crippen LogP contribution is 2.21. The smallest absolute Gasteiger partial charge is 0.253 e. The van der Waals surface area contributed by atoms with Crippen LogP contribution < -0.4 is 33.6 Å². The summed E-state index contributed by atoms with van der Waals surface area (Å²) in [6, 6.07) is 1.91. The van der Waals surface area contributed by atoms with Crippen LogP contribution in [0.3, 0.4) is 0 Å². The van der Waals surface area contributed by atoms with E-state index in [1.54, 1.807) is 23.9 Å². The van der Waals surface area contributed by atoms with Crippen molar-refractivity contribution in [1.29, 1.82) is 0 Å². The SMILES string of the molecule is CN1CCC(NC(=O)c2cnc(Cl)c(Cl)c2)C1=O.CN1CCC(NC(=O)c2cnc(NN)c(Cl)c2)C1=O.NN. The van der Waals surface area contributed by atoms with Gasteiger partial charge in [-0.2, -0.15) is 0 Å². The number of nitrogens with two attached hydrogens (primary N) is 3. The Kier molecular flexibility index (Phi) is 12.1. The number of pyridine rings is 2. The van der Waals surface area contributed by atoms with E-state index in [0.717, 1.165) is 0 Å². The van der Waals surface area contributed by atoms with Crippen molar-refractivity contribution in [3.8, 4) is 0 Å². The van der Waals surface area contributed by atoms with Crippen LogP contribution in [0.25, 0.3) is 0 Å². The summed E-state index contributed by atoms with van der Waals surface area (Å²) in [5, 5.41) is 5.90. The van der Waals surface area contributed by atoms with E-state index in [9.17, 15) is 19.2 Å². The fraction of sp³-hybridized carbons (Fsp3) is 0.364. The van der Waals surface area contributed by atoms with Crippen LogP contribution in [0.1, 0.15) is 33.6 Å². The minimum Gasteiger partial charge on any atom is -0.344 e. The van der Waals surface area contributed by atoms with Crippen LogP contribution in [0.2, 0.25) is 15.2 Å². The number of hydrogen-bond acceptors (Lipinski definition) is 10. The van der Waals surface area contributed by atoms with Crippen molar-refractivity contribution in [3.05, 3.63) is 50.9 Å². The molecule has 2 aromatic heterocycles. The van der Waals surface area contributed by atoms with E-state index >= 15 is 0 Å². The third kappa shape index (κ3) is 8.36. The highest BCUT2D eigenvalue weighted by Gasteiger charge is 2.31. The molecule has 9 N–H and O–H groups in total. The van der Waals surface area contributed by atoms with Crippen LogP contribution in [-0.4, -0.2) is 82.7 Å². The molecule has 2 saturated heterocycles. The molecular formula is C22H29Cl3N10O4. The monoisotopic (exact) mass is 602 g/mol. The maximum atomic E-state index is 12.0. The number of carbonyl (C=O) groups is 4. The second kappa shape index (κ2) is 14.8. The predicted molar refractivity (Wildman–Crippen MR) is 147 cm³/mol. The van der Waals surface area contributed by atoms with E-state index in [2.05, 4.69) is 37.7 Å². The van der Waals surface area contributed by atoms with Crippen molar-refractivity contribution < 1.29 is 19.2 Å². The largest absolute Gasteiger partial charge is 0.344 e. The second-order valence-electron chi connectivity index (χ2n) is 8.34. The highest BCUT2D eigenvalue weighted by molar-refractivity contribution is 6.41. The number of nitrogens with zero attached hydrogens (tertiary/aromatic N) is 4. The molecule has 4 heterocycles. The summed E-state index contributed by atoms with van der Waals surface area (Å²) in [6.45, 7) is 1.28. The van der Waals surface area contributed by atoms with Gasteiger partial charge in [-0.25, -0.2) is 15.8 Å². The van der Waals surface area contributed by atoms with E-state index in [1.807, 2.05) is 0 Å². The zero-order valence-corrected chi connectivity index (χ0v) is 23.3. The molecule has 39 heavy (non-hydrogen) atoms. The maximum Gasteiger partial charge on any atom is 0.253 e. The number of halogens is 3. The first-order chi connectivity index (χ1) is 18.5. The number of rotatable bonds is 5. The van der Waals surface area contributed by atoms with Gasteiger partial charge in [0.05, 0.1) is 21.2 Å². The molecule has 2 aliphatic rings. The number of likely N-dealkylation sites (tertiary alicyclic amines) is 2. The fourth-order valence-electron chi connectivity index (χ4n) is 3.61. The van der Waals surface area contributed by atoms with Crippen LogP contribution in [0, 0.1) is 0 Å². The van der Waals surface area contributed by atoms with E-state index < -0.39 is 12.1 Å². The Labute approximate surface area is 239 Å². The van der Waals surface area contributed by atoms with Crippen LogP contribution in [0.5, 0.6) is 0 Å². The van der Waals surface area contributed by atoms with Gasteiger partial charge >= 0.3 is 0 Å². The molecule has 2 atom stereocenters. The topological polar surface area (TPSA) is 215 Å².